The number of carbonyl (C=O) groups is 2. The molecule has 0 radical (unpaired) electrons. The Hall–Kier alpha value is -3.35. The summed E-state index contributed by atoms with van der Waals surface area (Å²) in [4.78, 5) is 37.7. The molecule has 1 unspecified atom stereocenters. The molecule has 0 aliphatic carbocycles. The van der Waals surface area contributed by atoms with E-state index in [9.17, 15) is 29.3 Å². The molecule has 4 atom stereocenters. The molecule has 0 spiro atoms. The highest BCUT2D eigenvalue weighted by molar-refractivity contribution is 7.45. The van der Waals surface area contributed by atoms with Crippen LogP contribution in [-0.4, -0.2) is 92.5 Å². The number of aryl methyl sites for hydroxylation is 2. The van der Waals surface area contributed by atoms with E-state index in [1.165, 1.54) is 11.1 Å². The number of allylic oxidation sites excluding steroid dienone is 8. The third-order valence-corrected chi connectivity index (χ3v) is 11.1. The van der Waals surface area contributed by atoms with Crippen LogP contribution in [0.5, 0.6) is 0 Å². The number of furan rings is 1. The van der Waals surface area contributed by atoms with Gasteiger partial charge < -0.3 is 42.5 Å². The predicted molar refractivity (Wildman–Crippen MR) is 251 cm³/mol. The molecule has 12 nitrogen and oxygen atoms in total. The lowest BCUT2D eigenvalue weighted by Gasteiger charge is -2.28. The summed E-state index contributed by atoms with van der Waals surface area (Å²) in [5.74, 6) is 1.21. The van der Waals surface area contributed by atoms with Crippen molar-refractivity contribution in [2.24, 2.45) is 0 Å². The zero-order chi connectivity index (χ0) is 46.8. The van der Waals surface area contributed by atoms with Crippen LogP contribution in [0.2, 0.25) is 0 Å². The molecule has 0 saturated heterocycles. The van der Waals surface area contributed by atoms with Crippen molar-refractivity contribution in [3.63, 3.8) is 0 Å². The van der Waals surface area contributed by atoms with Crippen LogP contribution in [0.25, 0.3) is 0 Å². The first kappa shape index (κ1) is 57.7. The molecule has 0 aliphatic rings. The second-order valence-corrected chi connectivity index (χ2v) is 18.4. The van der Waals surface area contributed by atoms with Crippen LogP contribution in [0.4, 0.5) is 0 Å². The molecule has 0 aliphatic heterocycles. The van der Waals surface area contributed by atoms with Gasteiger partial charge in [0.1, 0.15) is 31.3 Å². The van der Waals surface area contributed by atoms with Gasteiger partial charge in [-0.05, 0) is 76.3 Å². The van der Waals surface area contributed by atoms with E-state index in [4.69, 9.17) is 22.9 Å². The van der Waals surface area contributed by atoms with Crippen molar-refractivity contribution in [3.05, 3.63) is 95.6 Å². The number of phosphoric acid groups is 1. The van der Waals surface area contributed by atoms with Crippen molar-refractivity contribution in [1.82, 2.24) is 0 Å². The van der Waals surface area contributed by atoms with E-state index in [1.54, 1.807) is 30.4 Å². The summed E-state index contributed by atoms with van der Waals surface area (Å²) in [6.45, 7) is 7.99. The van der Waals surface area contributed by atoms with Crippen LogP contribution in [-0.2, 0) is 45.5 Å². The molecule has 1 aromatic heterocycles. The van der Waals surface area contributed by atoms with E-state index in [0.717, 1.165) is 82.1 Å². The van der Waals surface area contributed by atoms with Crippen LogP contribution in [0, 0.1) is 13.8 Å². The molecule has 1 aromatic rings. The molecule has 0 amide bonds. The minimum absolute atomic E-state index is 0.0750. The summed E-state index contributed by atoms with van der Waals surface area (Å²) in [5, 5.41) is 20.0. The number of hydrogen-bond donors (Lipinski definition) is 2. The number of likely N-dealkylation sites (N-methyl/N-ethyl adjacent to an activating group) is 1. The molecule has 63 heavy (non-hydrogen) atoms. The number of rotatable bonds is 37. The first-order chi connectivity index (χ1) is 30.1. The van der Waals surface area contributed by atoms with Gasteiger partial charge in [0.25, 0.3) is 7.82 Å². The van der Waals surface area contributed by atoms with Crippen LogP contribution in [0.3, 0.4) is 0 Å². The highest BCUT2D eigenvalue weighted by Gasteiger charge is 2.22. The van der Waals surface area contributed by atoms with Gasteiger partial charge in [-0.3, -0.25) is 14.2 Å². The zero-order valence-electron chi connectivity index (χ0n) is 39.7. The van der Waals surface area contributed by atoms with Crippen LogP contribution < -0.4 is 4.89 Å². The van der Waals surface area contributed by atoms with E-state index < -0.39 is 44.7 Å². The molecule has 2 N–H and O–H groups in total. The van der Waals surface area contributed by atoms with Gasteiger partial charge in [0.15, 0.2) is 6.10 Å². The number of hydrogen-bond acceptors (Lipinski definition) is 11. The number of phosphoric ester groups is 1. The maximum atomic E-state index is 12.8. The minimum atomic E-state index is -4.69. The summed E-state index contributed by atoms with van der Waals surface area (Å²) in [6, 6.07) is 0. The minimum Gasteiger partial charge on any atom is -0.756 e. The lowest BCUT2D eigenvalue weighted by molar-refractivity contribution is -0.870. The van der Waals surface area contributed by atoms with Crippen LogP contribution in [0.1, 0.15) is 139 Å². The first-order valence-corrected chi connectivity index (χ1v) is 24.7. The normalized spacial score (nSPS) is 15.1. The van der Waals surface area contributed by atoms with Gasteiger partial charge in [0.2, 0.25) is 0 Å². The Kier molecular flexibility index (Phi) is 32.0. The number of quaternary nitrogens is 1. The summed E-state index contributed by atoms with van der Waals surface area (Å²) < 4.78 is 39.9. The molecule has 1 rings (SSSR count). The van der Waals surface area contributed by atoms with Crippen LogP contribution in [0.15, 0.2) is 77.3 Å². The monoisotopic (exact) mass is 904 g/mol. The van der Waals surface area contributed by atoms with Gasteiger partial charge in [-0.15, -0.1) is 0 Å². The molecule has 0 saturated carbocycles. The number of aliphatic hydroxyl groups excluding tert-OH is 2. The van der Waals surface area contributed by atoms with Crippen molar-refractivity contribution >= 4 is 19.8 Å². The summed E-state index contributed by atoms with van der Waals surface area (Å²) in [5.41, 5.74) is 2.59. The maximum Gasteiger partial charge on any atom is 0.306 e. The van der Waals surface area contributed by atoms with Gasteiger partial charge in [0.05, 0.1) is 40.0 Å². The van der Waals surface area contributed by atoms with Gasteiger partial charge in [-0.1, -0.05) is 125 Å². The lowest BCUT2D eigenvalue weighted by Crippen LogP contribution is -2.37. The average Bonchev–Trinajstić information content (AvgIpc) is 3.48. The fraction of sp³-hybridized carbons (Fsp3) is 0.640. The summed E-state index contributed by atoms with van der Waals surface area (Å²) in [7, 11) is 1.02. The predicted octanol–water partition coefficient (Wildman–Crippen LogP) is 9.98. The Morgan fingerprint density at radius 1 is 0.730 bits per heavy atom. The third kappa shape index (κ3) is 32.0. The maximum absolute atomic E-state index is 12.8. The molecule has 1 heterocycles. The van der Waals surface area contributed by atoms with Crippen molar-refractivity contribution in [1.29, 1.82) is 0 Å². The largest absolute Gasteiger partial charge is 0.756 e. The molecular weight excluding hydrogens is 822 g/mol. The van der Waals surface area contributed by atoms with Crippen molar-refractivity contribution in [2.45, 2.75) is 162 Å². The molecule has 13 heteroatoms. The quantitative estimate of drug-likeness (QED) is 0.0163. The highest BCUT2D eigenvalue weighted by Crippen LogP contribution is 2.38. The van der Waals surface area contributed by atoms with Crippen molar-refractivity contribution < 1.29 is 56.7 Å². The Morgan fingerprint density at radius 3 is 2.00 bits per heavy atom. The smallest absolute Gasteiger partial charge is 0.306 e. The average molecular weight is 904 g/mol. The van der Waals surface area contributed by atoms with Crippen molar-refractivity contribution in [2.75, 3.05) is 47.5 Å². The van der Waals surface area contributed by atoms with Gasteiger partial charge in [0, 0.05) is 25.7 Å². The number of esters is 2. The zero-order valence-corrected chi connectivity index (χ0v) is 40.6. The summed E-state index contributed by atoms with van der Waals surface area (Å²) >= 11 is 0. The SMILES string of the molecule is CC/C=C\C[C@@H](O)/C=C/C=C\C/C=C\C=C\[C@@H](O)/C=C\CCCC(=O)OC[C@H](COP(=O)([O-])OCC[N+](C)(C)C)OC(=O)CCCCCCCCCCc1oc(CCC)c(C)c1C. The molecule has 0 fully saturated rings. The summed E-state index contributed by atoms with van der Waals surface area (Å²) in [6.07, 6.45) is 34.3. The van der Waals surface area contributed by atoms with Gasteiger partial charge in [-0.2, -0.15) is 0 Å². The first-order valence-electron chi connectivity index (χ1n) is 23.2. The molecular formula is C50H82NO11P. The number of ether oxygens (including phenoxy) is 2. The Balaban J connectivity index is 2.43. The second kappa shape index (κ2) is 35.0. The number of carbonyl (C=O) groups excluding carboxylic acids is 2. The highest BCUT2D eigenvalue weighted by atomic mass is 31.2. The van der Waals surface area contributed by atoms with Gasteiger partial charge in [-0.25, -0.2) is 0 Å². The topological polar surface area (TPSA) is 165 Å². The van der Waals surface area contributed by atoms with Gasteiger partial charge >= 0.3 is 11.9 Å². The fourth-order valence-electron chi connectivity index (χ4n) is 6.21. The molecule has 0 aromatic carbocycles. The number of nitrogens with zero attached hydrogens (tertiary/aromatic N) is 1. The lowest BCUT2D eigenvalue weighted by atomic mass is 10.0. The Labute approximate surface area is 380 Å². The van der Waals surface area contributed by atoms with E-state index in [-0.39, 0.29) is 26.1 Å². The van der Waals surface area contributed by atoms with Crippen LogP contribution >= 0.6 is 7.82 Å². The Morgan fingerprint density at radius 2 is 1.35 bits per heavy atom. The van der Waals surface area contributed by atoms with E-state index in [0.29, 0.717) is 43.1 Å². The Bertz CT molecular complexity index is 1620. The second-order valence-electron chi connectivity index (χ2n) is 17.0. The number of unbranched alkanes of at least 4 members (excludes halogenated alkanes) is 8. The third-order valence-electron chi connectivity index (χ3n) is 10.1. The van der Waals surface area contributed by atoms with E-state index in [2.05, 4.69) is 27.7 Å². The van der Waals surface area contributed by atoms with E-state index >= 15 is 0 Å². The molecule has 0 bridgehead atoms. The fourth-order valence-corrected chi connectivity index (χ4v) is 6.93. The van der Waals surface area contributed by atoms with E-state index in [1.807, 2.05) is 63.7 Å². The molecule has 358 valence electrons. The standard InChI is InChI=1S/C50H82NO11P/c1-8-10-23-31-44(52)32-24-18-14-13-15-19-25-33-45(53)34-26-22-29-36-49(54)58-40-46(41-60-63(56,57)59-39-38-51(5,6)7)61-50(55)37-28-21-17-12-11-16-20-27-35-48-43(4)42(3)47(62-48)30-9-2/h10,14-15,18-19,23-26,32-34,44-46,52-53H,8-9,11-13,16-17,20-22,27-31,35-41H2,1-7H3/b18-14-,19-15-,23-10-,32-24+,33-25+,34-26-/t44-,45-,46-/m1/s1. The number of aliphatic hydroxyl groups is 2. The van der Waals surface area contributed by atoms with Crippen molar-refractivity contribution in [3.8, 4) is 0 Å².